The molecule has 0 fully saturated rings. The summed E-state index contributed by atoms with van der Waals surface area (Å²) in [6.07, 6.45) is 3.87. The number of pyridine rings is 2. The largest absolute Gasteiger partial charge is 0.292 e. The maximum Gasteiger partial charge on any atom is 0.145 e. The molecule has 3 nitrogen and oxygen atoms in total. The van der Waals surface area contributed by atoms with Crippen LogP contribution >= 0.6 is 0 Å². The third-order valence-corrected chi connectivity index (χ3v) is 5.92. The van der Waals surface area contributed by atoms with Gasteiger partial charge in [-0.3, -0.25) is 9.38 Å². The lowest BCUT2D eigenvalue weighted by Crippen LogP contribution is -1.97. The van der Waals surface area contributed by atoms with Crippen molar-refractivity contribution in [2.75, 3.05) is 0 Å². The van der Waals surface area contributed by atoms with Gasteiger partial charge in [0.1, 0.15) is 5.65 Å². The second kappa shape index (κ2) is 5.89. The number of hydrogen-bond donors (Lipinski definition) is 0. The van der Waals surface area contributed by atoms with E-state index >= 15 is 0 Å². The van der Waals surface area contributed by atoms with Crippen LogP contribution in [0.25, 0.3) is 49.5 Å². The molecule has 0 spiro atoms. The topological polar surface area (TPSA) is 30.2 Å². The maximum atomic E-state index is 4.88. The molecule has 0 aliphatic heterocycles. The predicted molar refractivity (Wildman–Crippen MR) is 120 cm³/mol. The van der Waals surface area contributed by atoms with Crippen LogP contribution in [0.4, 0.5) is 0 Å². The van der Waals surface area contributed by atoms with Crippen molar-refractivity contribution in [3.63, 3.8) is 0 Å². The second-order valence-corrected chi connectivity index (χ2v) is 7.68. The van der Waals surface area contributed by atoms with Gasteiger partial charge in [0.05, 0.1) is 22.9 Å². The van der Waals surface area contributed by atoms with Crippen molar-refractivity contribution in [1.82, 2.24) is 14.4 Å². The molecule has 0 bridgehead atoms. The minimum absolute atomic E-state index is 0.987. The molecule has 6 aromatic rings. The summed E-state index contributed by atoms with van der Waals surface area (Å²) in [7, 11) is 0. The quantitative estimate of drug-likeness (QED) is 0.244. The van der Waals surface area contributed by atoms with Crippen molar-refractivity contribution < 1.29 is 0 Å². The van der Waals surface area contributed by atoms with Gasteiger partial charge in [0, 0.05) is 27.9 Å². The average Bonchev–Trinajstić information content (AvgIpc) is 3.18. The Kier molecular flexibility index (Phi) is 3.30. The molecule has 3 aromatic heterocycles. The van der Waals surface area contributed by atoms with Gasteiger partial charge in [0.2, 0.25) is 0 Å². The van der Waals surface area contributed by atoms with Crippen molar-refractivity contribution in [2.45, 2.75) is 13.8 Å². The monoisotopic (exact) mass is 373 g/mol. The van der Waals surface area contributed by atoms with E-state index in [1.165, 1.54) is 32.8 Å². The molecule has 0 atom stereocenters. The van der Waals surface area contributed by atoms with Gasteiger partial charge >= 0.3 is 0 Å². The summed E-state index contributed by atoms with van der Waals surface area (Å²) in [6, 6.07) is 23.6. The van der Waals surface area contributed by atoms with Crippen LogP contribution in [0.5, 0.6) is 0 Å². The van der Waals surface area contributed by atoms with Crippen LogP contribution in [-0.2, 0) is 0 Å². The Bertz CT molecular complexity index is 1550. The van der Waals surface area contributed by atoms with Gasteiger partial charge in [-0.2, -0.15) is 0 Å². The third-order valence-electron chi connectivity index (χ3n) is 5.92. The number of benzene rings is 3. The fourth-order valence-corrected chi connectivity index (χ4v) is 4.60. The zero-order valence-corrected chi connectivity index (χ0v) is 16.3. The lowest BCUT2D eigenvalue weighted by atomic mass is 9.99. The highest BCUT2D eigenvalue weighted by molar-refractivity contribution is 6.15. The number of imidazole rings is 1. The van der Waals surface area contributed by atoms with Crippen LogP contribution in [0.15, 0.2) is 79.1 Å². The molecule has 138 valence electrons. The zero-order valence-electron chi connectivity index (χ0n) is 16.3. The van der Waals surface area contributed by atoms with Crippen LogP contribution in [0.3, 0.4) is 0 Å². The first-order valence-corrected chi connectivity index (χ1v) is 9.85. The predicted octanol–water partition coefficient (Wildman–Crippen LogP) is 6.47. The van der Waals surface area contributed by atoms with Gasteiger partial charge in [-0.05, 0) is 48.6 Å². The number of aromatic nitrogens is 3. The van der Waals surface area contributed by atoms with Crippen molar-refractivity contribution >= 4 is 38.2 Å². The van der Waals surface area contributed by atoms with Crippen molar-refractivity contribution in [2.24, 2.45) is 0 Å². The van der Waals surface area contributed by atoms with E-state index in [1.807, 2.05) is 18.5 Å². The van der Waals surface area contributed by atoms with Crippen molar-refractivity contribution in [3.05, 3.63) is 90.3 Å². The third kappa shape index (κ3) is 2.24. The van der Waals surface area contributed by atoms with Crippen LogP contribution in [0.1, 0.15) is 11.1 Å². The number of nitrogens with zero attached hydrogens (tertiary/aromatic N) is 3. The molecule has 0 aliphatic carbocycles. The van der Waals surface area contributed by atoms with Crippen molar-refractivity contribution in [1.29, 1.82) is 0 Å². The molecule has 3 aromatic carbocycles. The van der Waals surface area contributed by atoms with E-state index in [2.05, 4.69) is 83.9 Å². The Morgan fingerprint density at radius 1 is 0.724 bits per heavy atom. The summed E-state index contributed by atoms with van der Waals surface area (Å²) in [6.45, 7) is 4.34. The molecular formula is C26H19N3. The molecule has 6 rings (SSSR count). The van der Waals surface area contributed by atoms with Crippen LogP contribution in [0.2, 0.25) is 0 Å². The minimum Gasteiger partial charge on any atom is -0.292 e. The number of hydrogen-bond acceptors (Lipinski definition) is 2. The van der Waals surface area contributed by atoms with E-state index in [4.69, 9.17) is 4.98 Å². The van der Waals surface area contributed by atoms with E-state index in [-0.39, 0.29) is 0 Å². The van der Waals surface area contributed by atoms with Crippen LogP contribution in [-0.4, -0.2) is 14.4 Å². The number of rotatable bonds is 1. The lowest BCUT2D eigenvalue weighted by molar-refractivity contribution is 1.25. The first kappa shape index (κ1) is 16.3. The Hall–Kier alpha value is -3.72. The first-order valence-electron chi connectivity index (χ1n) is 9.85. The Morgan fingerprint density at radius 3 is 2.34 bits per heavy atom. The van der Waals surface area contributed by atoms with E-state index in [0.717, 1.165) is 27.8 Å². The Balaban J connectivity index is 1.90. The summed E-state index contributed by atoms with van der Waals surface area (Å²) < 4.78 is 2.31. The molecule has 0 aliphatic rings. The molecular weight excluding hydrogens is 354 g/mol. The Labute approximate surface area is 168 Å². The van der Waals surface area contributed by atoms with Gasteiger partial charge in [-0.25, -0.2) is 4.98 Å². The summed E-state index contributed by atoms with van der Waals surface area (Å²) in [5.41, 5.74) is 8.01. The fraction of sp³-hybridized carbons (Fsp3) is 0.0769. The highest BCUT2D eigenvalue weighted by atomic mass is 15.0. The molecule has 0 amide bonds. The second-order valence-electron chi connectivity index (χ2n) is 7.68. The summed E-state index contributed by atoms with van der Waals surface area (Å²) >= 11 is 0. The highest BCUT2D eigenvalue weighted by Crippen LogP contribution is 2.36. The lowest BCUT2D eigenvalue weighted by Gasteiger charge is -2.14. The summed E-state index contributed by atoms with van der Waals surface area (Å²) in [4.78, 5) is 9.48. The van der Waals surface area contributed by atoms with Gasteiger partial charge in [-0.15, -0.1) is 0 Å². The summed E-state index contributed by atoms with van der Waals surface area (Å²) in [5, 5.41) is 4.76. The molecule has 0 N–H and O–H groups in total. The van der Waals surface area contributed by atoms with Gasteiger partial charge < -0.3 is 0 Å². The molecule has 3 heteroatoms. The standard InChI is InChI=1S/C26H19N3/c1-16-7-5-8-17(2)25(16)24-15-28-26-20-11-4-3-10-19(20)21-13-18-9-6-12-27-22(18)14-23(21)29(24)26/h3-15H,1-2H3. The smallest absolute Gasteiger partial charge is 0.145 e. The van der Waals surface area contributed by atoms with Gasteiger partial charge in [0.15, 0.2) is 0 Å². The first-order chi connectivity index (χ1) is 14.2. The van der Waals surface area contributed by atoms with Crippen LogP contribution < -0.4 is 0 Å². The SMILES string of the molecule is Cc1cccc(C)c1-c1cnc2c3ccccc3c3cc4cccnc4cc3n12. The normalized spacial score (nSPS) is 11.8. The number of aryl methyl sites for hydroxylation is 2. The molecule has 0 unspecified atom stereocenters. The molecule has 0 saturated heterocycles. The maximum absolute atomic E-state index is 4.88. The summed E-state index contributed by atoms with van der Waals surface area (Å²) in [5.74, 6) is 0. The Morgan fingerprint density at radius 2 is 1.52 bits per heavy atom. The number of fused-ring (bicyclic) bond motifs is 7. The molecule has 3 heterocycles. The molecule has 0 radical (unpaired) electrons. The fourth-order valence-electron chi connectivity index (χ4n) is 4.60. The zero-order chi connectivity index (χ0) is 19.5. The van der Waals surface area contributed by atoms with Gasteiger partial charge in [0.25, 0.3) is 0 Å². The van der Waals surface area contributed by atoms with E-state index in [9.17, 15) is 0 Å². The van der Waals surface area contributed by atoms with Crippen LogP contribution in [0, 0.1) is 13.8 Å². The van der Waals surface area contributed by atoms with E-state index < -0.39 is 0 Å². The van der Waals surface area contributed by atoms with Crippen molar-refractivity contribution in [3.8, 4) is 11.3 Å². The van der Waals surface area contributed by atoms with E-state index in [1.54, 1.807) is 0 Å². The van der Waals surface area contributed by atoms with Gasteiger partial charge in [-0.1, -0.05) is 48.5 Å². The molecule has 29 heavy (non-hydrogen) atoms. The molecule has 0 saturated carbocycles. The van der Waals surface area contributed by atoms with E-state index in [0.29, 0.717) is 0 Å². The highest BCUT2D eigenvalue weighted by Gasteiger charge is 2.17. The average molecular weight is 373 g/mol. The minimum atomic E-state index is 0.987.